The molecule has 0 radical (unpaired) electrons. The van der Waals surface area contributed by atoms with Gasteiger partial charge in [0.1, 0.15) is 0 Å². The molecule has 0 aromatic heterocycles. The van der Waals surface area contributed by atoms with Crippen LogP contribution in [0, 0.1) is 0 Å². The summed E-state index contributed by atoms with van der Waals surface area (Å²) in [5, 5.41) is 0. The molecule has 0 saturated heterocycles. The van der Waals surface area contributed by atoms with Gasteiger partial charge in [-0.2, -0.15) is 39.5 Å². The van der Waals surface area contributed by atoms with Gasteiger partial charge in [0, 0.05) is 0 Å². The van der Waals surface area contributed by atoms with Crippen molar-refractivity contribution >= 4 is 8.60 Å². The SMILES string of the molecule is FC(F)(F)CCOP(OCCC(F)(F)F)OCCC(F)(F)F. The predicted octanol–water partition coefficient (Wildman–Crippen LogP) is 5.12. The van der Waals surface area contributed by atoms with Gasteiger partial charge in [-0.3, -0.25) is 0 Å². The van der Waals surface area contributed by atoms with E-state index in [0.29, 0.717) is 0 Å². The van der Waals surface area contributed by atoms with Crippen LogP contribution in [-0.2, 0) is 13.6 Å². The van der Waals surface area contributed by atoms with Crippen molar-refractivity contribution in [2.45, 2.75) is 37.8 Å². The zero-order valence-corrected chi connectivity index (χ0v) is 11.7. The quantitative estimate of drug-likeness (QED) is 0.417. The van der Waals surface area contributed by atoms with Gasteiger partial charge in [0.05, 0.1) is 39.1 Å². The summed E-state index contributed by atoms with van der Waals surface area (Å²) >= 11 is 0. The molecule has 0 bridgehead atoms. The molecule has 0 heterocycles. The van der Waals surface area contributed by atoms with E-state index in [2.05, 4.69) is 13.6 Å². The smallest absolute Gasteiger partial charge is 0.312 e. The molecule has 0 atom stereocenters. The molecule has 0 spiro atoms. The van der Waals surface area contributed by atoms with Gasteiger partial charge in [0.25, 0.3) is 0 Å². The third-order valence-electron chi connectivity index (χ3n) is 1.75. The second-order valence-electron chi connectivity index (χ2n) is 3.82. The van der Waals surface area contributed by atoms with Crippen LogP contribution in [0.1, 0.15) is 19.3 Å². The van der Waals surface area contributed by atoms with Crippen molar-refractivity contribution in [3.05, 3.63) is 0 Å². The molecule has 0 aliphatic rings. The van der Waals surface area contributed by atoms with Crippen LogP contribution < -0.4 is 0 Å². The van der Waals surface area contributed by atoms with Gasteiger partial charge in [-0.15, -0.1) is 0 Å². The third kappa shape index (κ3) is 16.1. The zero-order valence-electron chi connectivity index (χ0n) is 10.8. The Morgan fingerprint density at radius 1 is 0.500 bits per heavy atom. The molecule has 3 nitrogen and oxygen atoms in total. The van der Waals surface area contributed by atoms with Crippen LogP contribution in [0.4, 0.5) is 39.5 Å². The molecule has 0 unspecified atom stereocenters. The van der Waals surface area contributed by atoms with E-state index in [1.807, 2.05) is 0 Å². The first kappa shape index (κ1) is 21.7. The summed E-state index contributed by atoms with van der Waals surface area (Å²) in [4.78, 5) is 0. The highest BCUT2D eigenvalue weighted by atomic mass is 31.2. The zero-order chi connectivity index (χ0) is 17.4. The van der Waals surface area contributed by atoms with Gasteiger partial charge in [-0.05, 0) is 0 Å². The van der Waals surface area contributed by atoms with E-state index < -0.39 is 66.2 Å². The summed E-state index contributed by atoms with van der Waals surface area (Å²) in [5.74, 6) is 0. The molecule has 0 amide bonds. The van der Waals surface area contributed by atoms with E-state index in [1.54, 1.807) is 0 Å². The first-order chi connectivity index (χ1) is 9.79. The Hall–Kier alpha value is -0.320. The average Bonchev–Trinajstić information content (AvgIpc) is 2.23. The normalized spacial score (nSPS) is 13.9. The maximum atomic E-state index is 11.9. The molecule has 0 N–H and O–H groups in total. The molecule has 0 aromatic rings. The lowest BCUT2D eigenvalue weighted by molar-refractivity contribution is -0.143. The Balaban J connectivity index is 4.19. The fourth-order valence-electron chi connectivity index (χ4n) is 0.820. The Morgan fingerprint density at radius 2 is 0.727 bits per heavy atom. The Labute approximate surface area is 120 Å². The van der Waals surface area contributed by atoms with E-state index in [-0.39, 0.29) is 0 Å². The number of hydrogen-bond acceptors (Lipinski definition) is 3. The summed E-state index contributed by atoms with van der Waals surface area (Å²) in [7, 11) is -2.72. The summed E-state index contributed by atoms with van der Waals surface area (Å²) in [6.45, 7) is -2.98. The Morgan fingerprint density at radius 3 is 0.909 bits per heavy atom. The standard InChI is InChI=1S/C9H12F9O3P/c10-7(11,12)1-4-19-22(20-5-2-8(13,14)15)21-6-3-9(16,17)18/h1-6H2. The molecule has 13 heteroatoms. The molecular weight excluding hydrogens is 358 g/mol. The van der Waals surface area contributed by atoms with Gasteiger partial charge in [0.2, 0.25) is 0 Å². The fraction of sp³-hybridized carbons (Fsp3) is 1.00. The van der Waals surface area contributed by atoms with Crippen molar-refractivity contribution in [1.29, 1.82) is 0 Å². The summed E-state index contributed by atoms with van der Waals surface area (Å²) in [6.07, 6.45) is -18.1. The van der Waals surface area contributed by atoms with E-state index in [1.165, 1.54) is 0 Å². The molecular formula is C9H12F9O3P. The second-order valence-corrected chi connectivity index (χ2v) is 5.04. The predicted molar refractivity (Wildman–Crippen MR) is 56.8 cm³/mol. The highest BCUT2D eigenvalue weighted by Gasteiger charge is 2.31. The number of hydrogen-bond donors (Lipinski definition) is 0. The maximum Gasteiger partial charge on any atom is 0.391 e. The summed E-state index contributed by atoms with van der Waals surface area (Å²) in [5.41, 5.74) is 0. The maximum absolute atomic E-state index is 11.9. The van der Waals surface area contributed by atoms with Crippen LogP contribution in [-0.4, -0.2) is 38.3 Å². The van der Waals surface area contributed by atoms with Crippen LogP contribution in [0.15, 0.2) is 0 Å². The summed E-state index contributed by atoms with van der Waals surface area (Å²) < 4.78 is 120. The monoisotopic (exact) mass is 370 g/mol. The van der Waals surface area contributed by atoms with E-state index in [0.717, 1.165) is 0 Å². The average molecular weight is 370 g/mol. The molecule has 0 aliphatic carbocycles. The van der Waals surface area contributed by atoms with Gasteiger partial charge >= 0.3 is 27.1 Å². The molecule has 0 aliphatic heterocycles. The van der Waals surface area contributed by atoms with Crippen LogP contribution in [0.3, 0.4) is 0 Å². The first-order valence-electron chi connectivity index (χ1n) is 5.68. The molecule has 0 aromatic carbocycles. The largest absolute Gasteiger partial charge is 0.391 e. The summed E-state index contributed by atoms with van der Waals surface area (Å²) in [6, 6.07) is 0. The highest BCUT2D eigenvalue weighted by Crippen LogP contribution is 2.42. The third-order valence-corrected chi connectivity index (χ3v) is 2.93. The van der Waals surface area contributed by atoms with Gasteiger partial charge in [-0.25, -0.2) is 0 Å². The topological polar surface area (TPSA) is 27.7 Å². The fourth-order valence-corrected chi connectivity index (χ4v) is 1.76. The highest BCUT2D eigenvalue weighted by molar-refractivity contribution is 7.41. The molecule has 22 heavy (non-hydrogen) atoms. The minimum atomic E-state index is -4.58. The first-order valence-corrected chi connectivity index (χ1v) is 6.77. The van der Waals surface area contributed by atoms with Crippen LogP contribution in [0.5, 0.6) is 0 Å². The van der Waals surface area contributed by atoms with Crippen LogP contribution in [0.25, 0.3) is 0 Å². The van der Waals surface area contributed by atoms with Crippen molar-refractivity contribution in [3.63, 3.8) is 0 Å². The van der Waals surface area contributed by atoms with Crippen molar-refractivity contribution in [1.82, 2.24) is 0 Å². The van der Waals surface area contributed by atoms with Gasteiger partial charge in [0.15, 0.2) is 0 Å². The Bertz CT molecular complexity index is 255. The van der Waals surface area contributed by atoms with Crippen LogP contribution in [0.2, 0.25) is 0 Å². The van der Waals surface area contributed by atoms with Crippen LogP contribution >= 0.6 is 8.60 Å². The molecule has 0 rings (SSSR count). The minimum absolute atomic E-state index is 0.993. The van der Waals surface area contributed by atoms with Crippen molar-refractivity contribution in [2.75, 3.05) is 19.8 Å². The van der Waals surface area contributed by atoms with Gasteiger partial charge in [-0.1, -0.05) is 0 Å². The second kappa shape index (κ2) is 9.09. The minimum Gasteiger partial charge on any atom is -0.312 e. The molecule has 0 saturated carbocycles. The lowest BCUT2D eigenvalue weighted by atomic mass is 10.5. The number of halogens is 9. The molecule has 0 fully saturated rings. The van der Waals surface area contributed by atoms with Crippen molar-refractivity contribution in [3.8, 4) is 0 Å². The Kier molecular flexibility index (Phi) is 8.96. The van der Waals surface area contributed by atoms with Gasteiger partial charge < -0.3 is 13.6 Å². The lowest BCUT2D eigenvalue weighted by Crippen LogP contribution is -2.14. The lowest BCUT2D eigenvalue weighted by Gasteiger charge is -2.18. The number of rotatable bonds is 9. The van der Waals surface area contributed by atoms with E-state index >= 15 is 0 Å². The van der Waals surface area contributed by atoms with Crippen molar-refractivity contribution in [2.24, 2.45) is 0 Å². The number of alkyl halides is 9. The molecule has 134 valence electrons. The van der Waals surface area contributed by atoms with Crippen molar-refractivity contribution < 1.29 is 53.1 Å². The van der Waals surface area contributed by atoms with E-state index in [9.17, 15) is 39.5 Å². The van der Waals surface area contributed by atoms with E-state index in [4.69, 9.17) is 0 Å².